The van der Waals surface area contributed by atoms with E-state index >= 15 is 0 Å². The van der Waals surface area contributed by atoms with Crippen molar-refractivity contribution in [3.05, 3.63) is 65.5 Å². The van der Waals surface area contributed by atoms with E-state index in [0.29, 0.717) is 5.75 Å². The molecule has 0 aliphatic rings. The van der Waals surface area contributed by atoms with Crippen molar-refractivity contribution >= 4 is 5.91 Å². The van der Waals surface area contributed by atoms with Crippen molar-refractivity contribution in [2.75, 3.05) is 6.61 Å². The average molecular weight is 287 g/mol. The normalized spacial score (nSPS) is 11.8. The molecule has 2 aromatic carbocycles. The third-order valence-electron chi connectivity index (χ3n) is 3.11. The summed E-state index contributed by atoms with van der Waals surface area (Å²) in [5.74, 6) is 0.160. The molecule has 2 rings (SSSR count). The second-order valence-corrected chi connectivity index (χ2v) is 4.95. The minimum Gasteiger partial charge on any atom is -0.484 e. The number of halogens is 1. The Balaban J connectivity index is 1.85. The van der Waals surface area contributed by atoms with Crippen LogP contribution in [0.1, 0.15) is 24.1 Å². The van der Waals surface area contributed by atoms with Crippen molar-refractivity contribution in [3.8, 4) is 5.75 Å². The Morgan fingerprint density at radius 2 is 1.95 bits per heavy atom. The van der Waals surface area contributed by atoms with Gasteiger partial charge in [-0.2, -0.15) is 0 Å². The summed E-state index contributed by atoms with van der Waals surface area (Å²) in [6.07, 6.45) is 0. The zero-order chi connectivity index (χ0) is 15.2. The van der Waals surface area contributed by atoms with Gasteiger partial charge in [-0.15, -0.1) is 0 Å². The van der Waals surface area contributed by atoms with E-state index < -0.39 is 0 Å². The molecular formula is C17H18FNO2. The van der Waals surface area contributed by atoms with Crippen LogP contribution in [0.2, 0.25) is 0 Å². The Kier molecular flexibility index (Phi) is 4.93. The number of rotatable bonds is 5. The molecule has 0 heterocycles. The molecule has 4 heteroatoms. The van der Waals surface area contributed by atoms with Gasteiger partial charge in [-0.25, -0.2) is 4.39 Å². The molecule has 0 saturated heterocycles. The Morgan fingerprint density at radius 3 is 2.62 bits per heavy atom. The first-order chi connectivity index (χ1) is 10.0. The van der Waals surface area contributed by atoms with Gasteiger partial charge >= 0.3 is 0 Å². The molecule has 0 bridgehead atoms. The van der Waals surface area contributed by atoms with Gasteiger partial charge in [-0.05, 0) is 49.2 Å². The minimum atomic E-state index is -0.292. The van der Waals surface area contributed by atoms with Crippen LogP contribution in [0.25, 0.3) is 0 Å². The maximum Gasteiger partial charge on any atom is 0.258 e. The van der Waals surface area contributed by atoms with Crippen molar-refractivity contribution in [1.29, 1.82) is 0 Å². The van der Waals surface area contributed by atoms with Crippen molar-refractivity contribution in [2.24, 2.45) is 0 Å². The van der Waals surface area contributed by atoms with Crippen LogP contribution in [-0.4, -0.2) is 12.5 Å². The van der Waals surface area contributed by atoms with Gasteiger partial charge < -0.3 is 10.1 Å². The lowest BCUT2D eigenvalue weighted by atomic mass is 10.1. The molecule has 1 unspecified atom stereocenters. The molecule has 0 radical (unpaired) electrons. The zero-order valence-corrected chi connectivity index (χ0v) is 12.1. The summed E-state index contributed by atoms with van der Waals surface area (Å²) in [7, 11) is 0. The van der Waals surface area contributed by atoms with Crippen LogP contribution in [0.5, 0.6) is 5.75 Å². The Labute approximate surface area is 123 Å². The van der Waals surface area contributed by atoms with Crippen molar-refractivity contribution in [2.45, 2.75) is 19.9 Å². The van der Waals surface area contributed by atoms with E-state index in [0.717, 1.165) is 11.1 Å². The van der Waals surface area contributed by atoms with Gasteiger partial charge in [-0.1, -0.05) is 24.3 Å². The maximum atomic E-state index is 12.8. The second kappa shape index (κ2) is 6.88. The molecule has 0 saturated carbocycles. The molecule has 0 aromatic heterocycles. The second-order valence-electron chi connectivity index (χ2n) is 4.95. The fourth-order valence-corrected chi connectivity index (χ4v) is 1.97. The molecule has 110 valence electrons. The third-order valence-corrected chi connectivity index (χ3v) is 3.11. The van der Waals surface area contributed by atoms with Gasteiger partial charge in [0.15, 0.2) is 6.61 Å². The van der Waals surface area contributed by atoms with Crippen LogP contribution in [0.3, 0.4) is 0 Å². The Hall–Kier alpha value is -2.36. The lowest BCUT2D eigenvalue weighted by Gasteiger charge is -2.14. The molecular weight excluding hydrogens is 269 g/mol. The Bertz CT molecular complexity index is 610. The number of nitrogens with one attached hydrogen (secondary N) is 1. The number of carbonyl (C=O) groups is 1. The van der Waals surface area contributed by atoms with Gasteiger partial charge in [0, 0.05) is 0 Å². The summed E-state index contributed by atoms with van der Waals surface area (Å²) in [6.45, 7) is 3.76. The molecule has 21 heavy (non-hydrogen) atoms. The number of hydrogen-bond donors (Lipinski definition) is 1. The topological polar surface area (TPSA) is 38.3 Å². The molecule has 0 aliphatic carbocycles. The summed E-state index contributed by atoms with van der Waals surface area (Å²) >= 11 is 0. The first kappa shape index (κ1) is 15.0. The number of carbonyl (C=O) groups excluding carboxylic acids is 1. The van der Waals surface area contributed by atoms with E-state index in [9.17, 15) is 9.18 Å². The van der Waals surface area contributed by atoms with Gasteiger partial charge in [0.2, 0.25) is 0 Å². The quantitative estimate of drug-likeness (QED) is 0.915. The van der Waals surface area contributed by atoms with Gasteiger partial charge in [0.05, 0.1) is 6.04 Å². The summed E-state index contributed by atoms with van der Waals surface area (Å²) in [4.78, 5) is 11.8. The third kappa shape index (κ3) is 4.60. The molecule has 1 atom stereocenters. The molecule has 0 aliphatic heterocycles. The van der Waals surface area contributed by atoms with Gasteiger partial charge in [0.1, 0.15) is 11.6 Å². The highest BCUT2D eigenvalue weighted by Gasteiger charge is 2.10. The van der Waals surface area contributed by atoms with Crippen LogP contribution in [0.4, 0.5) is 4.39 Å². The van der Waals surface area contributed by atoms with Crippen LogP contribution in [-0.2, 0) is 4.79 Å². The van der Waals surface area contributed by atoms with E-state index in [-0.39, 0.29) is 24.4 Å². The van der Waals surface area contributed by atoms with Crippen LogP contribution < -0.4 is 10.1 Å². The van der Waals surface area contributed by atoms with Crippen LogP contribution in [0, 0.1) is 12.7 Å². The van der Waals surface area contributed by atoms with Gasteiger partial charge in [-0.3, -0.25) is 4.79 Å². The van der Waals surface area contributed by atoms with Crippen molar-refractivity contribution in [3.63, 3.8) is 0 Å². The first-order valence-corrected chi connectivity index (χ1v) is 6.79. The highest BCUT2D eigenvalue weighted by molar-refractivity contribution is 5.78. The standard InChI is InChI=1S/C17H18FNO2/c1-12-4-3-5-16(10-12)21-11-17(20)19-13(2)14-6-8-15(18)9-7-14/h3-10,13H,11H2,1-2H3,(H,19,20). The summed E-state index contributed by atoms with van der Waals surface area (Å²) in [5, 5.41) is 2.81. The number of benzene rings is 2. The minimum absolute atomic E-state index is 0.0466. The number of hydrogen-bond acceptors (Lipinski definition) is 2. The van der Waals surface area contributed by atoms with E-state index in [4.69, 9.17) is 4.74 Å². The summed E-state index contributed by atoms with van der Waals surface area (Å²) in [5.41, 5.74) is 1.92. The van der Waals surface area contributed by atoms with Crippen LogP contribution >= 0.6 is 0 Å². The van der Waals surface area contributed by atoms with E-state index in [1.165, 1.54) is 12.1 Å². The largest absolute Gasteiger partial charge is 0.484 e. The smallest absolute Gasteiger partial charge is 0.258 e. The molecule has 2 aromatic rings. The maximum absolute atomic E-state index is 12.8. The molecule has 1 amide bonds. The molecule has 0 spiro atoms. The molecule has 1 N–H and O–H groups in total. The fraction of sp³-hybridized carbons (Fsp3) is 0.235. The molecule has 3 nitrogen and oxygen atoms in total. The SMILES string of the molecule is Cc1cccc(OCC(=O)NC(C)c2ccc(F)cc2)c1. The zero-order valence-electron chi connectivity index (χ0n) is 12.1. The van der Waals surface area contributed by atoms with Crippen molar-refractivity contribution < 1.29 is 13.9 Å². The predicted molar refractivity (Wildman–Crippen MR) is 79.6 cm³/mol. The highest BCUT2D eigenvalue weighted by Crippen LogP contribution is 2.14. The summed E-state index contributed by atoms with van der Waals surface area (Å²) < 4.78 is 18.3. The van der Waals surface area contributed by atoms with Crippen molar-refractivity contribution in [1.82, 2.24) is 5.32 Å². The van der Waals surface area contributed by atoms with E-state index in [2.05, 4.69) is 5.32 Å². The van der Waals surface area contributed by atoms with Gasteiger partial charge in [0.25, 0.3) is 5.91 Å². The average Bonchev–Trinajstić information content (AvgIpc) is 2.46. The number of amides is 1. The molecule has 0 fully saturated rings. The lowest BCUT2D eigenvalue weighted by molar-refractivity contribution is -0.123. The number of aryl methyl sites for hydroxylation is 1. The Morgan fingerprint density at radius 1 is 1.24 bits per heavy atom. The highest BCUT2D eigenvalue weighted by atomic mass is 19.1. The van der Waals surface area contributed by atoms with E-state index in [1.807, 2.05) is 38.1 Å². The van der Waals surface area contributed by atoms with Crippen LogP contribution in [0.15, 0.2) is 48.5 Å². The lowest BCUT2D eigenvalue weighted by Crippen LogP contribution is -2.31. The van der Waals surface area contributed by atoms with E-state index in [1.54, 1.807) is 12.1 Å². The number of ether oxygens (including phenoxy) is 1. The fourth-order valence-electron chi connectivity index (χ4n) is 1.97. The monoisotopic (exact) mass is 287 g/mol. The summed E-state index contributed by atoms with van der Waals surface area (Å²) in [6, 6.07) is 13.4. The predicted octanol–water partition coefficient (Wildman–Crippen LogP) is 3.39. The first-order valence-electron chi connectivity index (χ1n) is 6.79.